The second-order valence-electron chi connectivity index (χ2n) is 5.36. The summed E-state index contributed by atoms with van der Waals surface area (Å²) in [7, 11) is 0. The molecule has 0 aromatic heterocycles. The highest BCUT2D eigenvalue weighted by molar-refractivity contribution is 5.32. The Bertz CT molecular complexity index is 570. The molecule has 0 bridgehead atoms. The first-order valence-electron chi connectivity index (χ1n) is 6.00. The number of aliphatic hydroxyl groups is 1. The van der Waals surface area contributed by atoms with Gasteiger partial charge in [-0.15, -0.1) is 0 Å². The van der Waals surface area contributed by atoms with E-state index in [9.17, 15) is 44.6 Å². The molecule has 0 unspecified atom stereocenters. The molecule has 0 spiro atoms. The van der Waals surface area contributed by atoms with Crippen molar-refractivity contribution >= 4 is 0 Å². The Labute approximate surface area is 124 Å². The maximum absolute atomic E-state index is 13.7. The van der Waals surface area contributed by atoms with E-state index < -0.39 is 35.1 Å². The van der Waals surface area contributed by atoms with Crippen LogP contribution in [0.15, 0.2) is 24.3 Å². The summed E-state index contributed by atoms with van der Waals surface area (Å²) in [5.74, 6) is -19.5. The molecule has 10 heteroatoms. The molecular weight excluding hydrogens is 343 g/mol. The van der Waals surface area contributed by atoms with Crippen molar-refractivity contribution in [3.63, 3.8) is 0 Å². The van der Waals surface area contributed by atoms with Gasteiger partial charge >= 0.3 is 23.9 Å². The van der Waals surface area contributed by atoms with Gasteiger partial charge in [0.2, 0.25) is 0 Å². The van der Waals surface area contributed by atoms with Gasteiger partial charge in [-0.3, -0.25) is 0 Å². The van der Waals surface area contributed by atoms with Crippen LogP contribution in [0.25, 0.3) is 0 Å². The molecule has 23 heavy (non-hydrogen) atoms. The molecule has 1 aromatic carbocycles. The molecule has 0 heterocycles. The average molecular weight is 354 g/mol. The fourth-order valence-electron chi connectivity index (χ4n) is 1.65. The van der Waals surface area contributed by atoms with Gasteiger partial charge in [0.25, 0.3) is 0 Å². The van der Waals surface area contributed by atoms with Crippen LogP contribution in [0.4, 0.5) is 39.5 Å². The zero-order valence-corrected chi connectivity index (χ0v) is 11.7. The molecule has 0 saturated carbocycles. The quantitative estimate of drug-likeness (QED) is 0.768. The van der Waals surface area contributed by atoms with E-state index in [0.717, 1.165) is 26.0 Å². The SMILES string of the molecule is CC(C)(O)c1cccc(C(F)(F)C(F)(F)C(F)(F)C(F)(F)F)c1. The molecule has 0 aliphatic carbocycles. The number of hydrogen-bond donors (Lipinski definition) is 1. The van der Waals surface area contributed by atoms with E-state index >= 15 is 0 Å². The van der Waals surface area contributed by atoms with E-state index in [1.807, 2.05) is 0 Å². The summed E-state index contributed by atoms with van der Waals surface area (Å²) < 4.78 is 116. The fraction of sp³-hybridized carbons (Fsp3) is 0.538. The minimum absolute atomic E-state index is 0.250. The third-order valence-corrected chi connectivity index (χ3v) is 3.08. The largest absolute Gasteiger partial charge is 0.460 e. The molecule has 1 nitrogen and oxygen atoms in total. The van der Waals surface area contributed by atoms with E-state index in [0.29, 0.717) is 0 Å². The van der Waals surface area contributed by atoms with Crippen LogP contribution in [-0.2, 0) is 11.5 Å². The lowest BCUT2D eigenvalue weighted by molar-refractivity contribution is -0.399. The molecule has 0 fully saturated rings. The molecule has 0 amide bonds. The Kier molecular flexibility index (Phi) is 4.50. The van der Waals surface area contributed by atoms with E-state index in [2.05, 4.69) is 0 Å². The van der Waals surface area contributed by atoms with Gasteiger partial charge in [0.1, 0.15) is 0 Å². The molecule has 0 aliphatic rings. The Morgan fingerprint density at radius 2 is 1.17 bits per heavy atom. The molecule has 1 N–H and O–H groups in total. The fourth-order valence-corrected chi connectivity index (χ4v) is 1.65. The molecular formula is C13H11F9O. The van der Waals surface area contributed by atoms with Crippen LogP contribution in [0, 0.1) is 0 Å². The van der Waals surface area contributed by atoms with Gasteiger partial charge in [0.15, 0.2) is 0 Å². The summed E-state index contributed by atoms with van der Waals surface area (Å²) in [6, 6.07) is 2.29. The second-order valence-corrected chi connectivity index (χ2v) is 5.36. The Morgan fingerprint density at radius 1 is 0.739 bits per heavy atom. The Balaban J connectivity index is 3.47. The molecule has 0 saturated heterocycles. The van der Waals surface area contributed by atoms with E-state index in [-0.39, 0.29) is 17.7 Å². The zero-order chi connectivity index (χ0) is 18.5. The van der Waals surface area contributed by atoms with Crippen molar-refractivity contribution < 1.29 is 44.6 Å². The summed E-state index contributed by atoms with van der Waals surface area (Å²) >= 11 is 0. The third kappa shape index (κ3) is 3.13. The van der Waals surface area contributed by atoms with E-state index in [1.54, 1.807) is 0 Å². The summed E-state index contributed by atoms with van der Waals surface area (Å²) in [5, 5.41) is 9.61. The van der Waals surface area contributed by atoms with Crippen molar-refractivity contribution in [1.29, 1.82) is 0 Å². The first-order valence-corrected chi connectivity index (χ1v) is 6.00. The molecule has 0 radical (unpaired) electrons. The maximum Gasteiger partial charge on any atom is 0.460 e. The van der Waals surface area contributed by atoms with Crippen molar-refractivity contribution in [1.82, 2.24) is 0 Å². The standard InChI is InChI=1S/C13H11F9O/c1-9(2,23)7-4-3-5-8(6-7)10(14,15)11(16,17)12(18,19)13(20,21)22/h3-6,23H,1-2H3. The summed E-state index contributed by atoms with van der Waals surface area (Å²) in [6.45, 7) is 2.18. The van der Waals surface area contributed by atoms with Crippen molar-refractivity contribution in [2.75, 3.05) is 0 Å². The number of halogens is 9. The van der Waals surface area contributed by atoms with Crippen molar-refractivity contribution in [2.45, 2.75) is 43.4 Å². The van der Waals surface area contributed by atoms with Crippen LogP contribution >= 0.6 is 0 Å². The predicted octanol–water partition coefficient (Wildman–Crippen LogP) is 4.84. The molecule has 132 valence electrons. The Morgan fingerprint density at radius 3 is 1.57 bits per heavy atom. The van der Waals surface area contributed by atoms with Gasteiger partial charge in [-0.1, -0.05) is 18.2 Å². The maximum atomic E-state index is 13.7. The van der Waals surface area contributed by atoms with Gasteiger partial charge < -0.3 is 5.11 Å². The third-order valence-electron chi connectivity index (χ3n) is 3.08. The molecule has 1 aromatic rings. The van der Waals surface area contributed by atoms with Crippen LogP contribution in [0.2, 0.25) is 0 Å². The zero-order valence-electron chi connectivity index (χ0n) is 11.7. The lowest BCUT2D eigenvalue weighted by atomic mass is 9.91. The highest BCUT2D eigenvalue weighted by Gasteiger charge is 2.82. The van der Waals surface area contributed by atoms with Crippen LogP contribution < -0.4 is 0 Å². The van der Waals surface area contributed by atoms with Gasteiger partial charge in [-0.2, -0.15) is 39.5 Å². The van der Waals surface area contributed by atoms with Crippen LogP contribution in [0.5, 0.6) is 0 Å². The van der Waals surface area contributed by atoms with Gasteiger partial charge in [0, 0.05) is 5.56 Å². The normalized spacial score (nSPS) is 15.0. The number of alkyl halides is 9. The minimum Gasteiger partial charge on any atom is -0.386 e. The van der Waals surface area contributed by atoms with Crippen LogP contribution in [0.3, 0.4) is 0 Å². The molecule has 0 aliphatic heterocycles. The second kappa shape index (κ2) is 5.29. The first kappa shape index (κ1) is 19.6. The van der Waals surface area contributed by atoms with Crippen molar-refractivity contribution in [3.8, 4) is 0 Å². The van der Waals surface area contributed by atoms with E-state index in [4.69, 9.17) is 0 Å². The monoisotopic (exact) mass is 354 g/mol. The lowest BCUT2D eigenvalue weighted by Crippen LogP contribution is -2.59. The number of rotatable bonds is 4. The first-order chi connectivity index (χ1) is 9.96. The summed E-state index contributed by atoms with van der Waals surface area (Å²) in [6.07, 6.45) is -6.87. The average Bonchev–Trinajstić information content (AvgIpc) is 2.36. The summed E-state index contributed by atoms with van der Waals surface area (Å²) in [5.41, 5.74) is -3.93. The predicted molar refractivity (Wildman–Crippen MR) is 61.5 cm³/mol. The van der Waals surface area contributed by atoms with Gasteiger partial charge in [-0.25, -0.2) is 0 Å². The van der Waals surface area contributed by atoms with Gasteiger partial charge in [-0.05, 0) is 25.5 Å². The molecule has 0 atom stereocenters. The minimum atomic E-state index is -6.95. The molecule has 1 rings (SSSR count). The topological polar surface area (TPSA) is 20.2 Å². The van der Waals surface area contributed by atoms with Crippen LogP contribution in [0.1, 0.15) is 25.0 Å². The van der Waals surface area contributed by atoms with E-state index in [1.165, 1.54) is 0 Å². The lowest BCUT2D eigenvalue weighted by Gasteiger charge is -2.34. The van der Waals surface area contributed by atoms with Gasteiger partial charge in [0.05, 0.1) is 5.60 Å². The number of hydrogen-bond acceptors (Lipinski definition) is 1. The van der Waals surface area contributed by atoms with Crippen molar-refractivity contribution in [2.24, 2.45) is 0 Å². The highest BCUT2D eigenvalue weighted by Crippen LogP contribution is 2.56. The van der Waals surface area contributed by atoms with Crippen molar-refractivity contribution in [3.05, 3.63) is 35.4 Å². The number of benzene rings is 1. The van der Waals surface area contributed by atoms with Crippen LogP contribution in [-0.4, -0.2) is 23.1 Å². The summed E-state index contributed by atoms with van der Waals surface area (Å²) in [4.78, 5) is 0. The smallest absolute Gasteiger partial charge is 0.386 e. The highest BCUT2D eigenvalue weighted by atomic mass is 19.4. The Hall–Kier alpha value is -1.45.